The number of nitrogens with zero attached hydrogens (tertiary/aromatic N) is 1. The molecule has 152 valence electrons. The largest absolute Gasteiger partial charge is 0.352 e. The Morgan fingerprint density at radius 1 is 1.14 bits per heavy atom. The first-order chi connectivity index (χ1) is 13.9. The predicted octanol–water partition coefficient (Wildman–Crippen LogP) is 4.07. The second kappa shape index (κ2) is 9.29. The number of urea groups is 1. The molecular weight excluding hydrogens is 413 g/mol. The highest BCUT2D eigenvalue weighted by Crippen LogP contribution is 2.25. The number of nitrogens with one attached hydrogen (secondary N) is 2. The molecule has 1 fully saturated rings. The van der Waals surface area contributed by atoms with Gasteiger partial charge >= 0.3 is 6.03 Å². The van der Waals surface area contributed by atoms with Gasteiger partial charge in [0.1, 0.15) is 6.04 Å². The maximum Gasteiger partial charge on any atom is 0.325 e. The summed E-state index contributed by atoms with van der Waals surface area (Å²) in [6.07, 6.45) is 0.349. The number of hydrogen-bond donors (Lipinski definition) is 2. The first kappa shape index (κ1) is 21.1. The molecule has 0 aliphatic carbocycles. The summed E-state index contributed by atoms with van der Waals surface area (Å²) in [6, 6.07) is 13.0. The number of halogens is 2. The zero-order chi connectivity index (χ0) is 21.0. The summed E-state index contributed by atoms with van der Waals surface area (Å²) in [5.41, 5.74) is 1.69. The van der Waals surface area contributed by atoms with Gasteiger partial charge in [0.05, 0.1) is 16.1 Å². The van der Waals surface area contributed by atoms with Crippen molar-refractivity contribution in [3.05, 3.63) is 69.7 Å². The van der Waals surface area contributed by atoms with Crippen molar-refractivity contribution in [2.45, 2.75) is 38.4 Å². The Morgan fingerprint density at radius 3 is 2.55 bits per heavy atom. The summed E-state index contributed by atoms with van der Waals surface area (Å²) in [6.45, 7) is 2.11. The number of carbonyl (C=O) groups excluding carboxylic acids is 3. The number of hydrogen-bond acceptors (Lipinski definition) is 3. The van der Waals surface area contributed by atoms with Gasteiger partial charge in [-0.2, -0.15) is 0 Å². The lowest BCUT2D eigenvalue weighted by Crippen LogP contribution is -2.34. The molecule has 0 unspecified atom stereocenters. The van der Waals surface area contributed by atoms with E-state index in [1.165, 1.54) is 4.90 Å². The highest BCUT2D eigenvalue weighted by molar-refractivity contribution is 6.42. The van der Waals surface area contributed by atoms with E-state index in [0.29, 0.717) is 16.6 Å². The van der Waals surface area contributed by atoms with Crippen LogP contribution in [0, 0.1) is 0 Å². The predicted molar refractivity (Wildman–Crippen MR) is 112 cm³/mol. The smallest absolute Gasteiger partial charge is 0.325 e. The van der Waals surface area contributed by atoms with Crippen molar-refractivity contribution in [2.24, 2.45) is 0 Å². The lowest BCUT2D eigenvalue weighted by Gasteiger charge is -2.21. The van der Waals surface area contributed by atoms with E-state index in [4.69, 9.17) is 23.2 Å². The summed E-state index contributed by atoms with van der Waals surface area (Å²) in [5, 5.41) is 6.32. The highest BCUT2D eigenvalue weighted by atomic mass is 35.5. The van der Waals surface area contributed by atoms with Crippen molar-refractivity contribution in [3.8, 4) is 0 Å². The molecular formula is C21H21Cl2N3O3. The Kier molecular flexibility index (Phi) is 6.77. The van der Waals surface area contributed by atoms with Crippen LogP contribution in [0.3, 0.4) is 0 Å². The summed E-state index contributed by atoms with van der Waals surface area (Å²) < 4.78 is 0. The highest BCUT2D eigenvalue weighted by Gasteiger charge is 2.40. The van der Waals surface area contributed by atoms with E-state index in [2.05, 4.69) is 10.6 Å². The summed E-state index contributed by atoms with van der Waals surface area (Å²) in [7, 11) is 0. The van der Waals surface area contributed by atoms with Crippen LogP contribution < -0.4 is 10.6 Å². The van der Waals surface area contributed by atoms with Crippen molar-refractivity contribution >= 4 is 41.0 Å². The minimum absolute atomic E-state index is 0.117. The van der Waals surface area contributed by atoms with Crippen LogP contribution in [0.2, 0.25) is 10.0 Å². The number of benzene rings is 2. The van der Waals surface area contributed by atoms with Gasteiger partial charge in [-0.25, -0.2) is 4.79 Å². The average molecular weight is 434 g/mol. The number of imide groups is 1. The third-order valence-electron chi connectivity index (χ3n) is 4.86. The van der Waals surface area contributed by atoms with Gasteiger partial charge in [0.15, 0.2) is 0 Å². The molecule has 4 amide bonds. The fraction of sp³-hybridized carbons (Fsp3) is 0.286. The zero-order valence-corrected chi connectivity index (χ0v) is 17.3. The third kappa shape index (κ3) is 5.08. The molecule has 2 aromatic carbocycles. The summed E-state index contributed by atoms with van der Waals surface area (Å²) in [4.78, 5) is 38.3. The fourth-order valence-electron chi connectivity index (χ4n) is 3.21. The second-order valence-corrected chi connectivity index (χ2v) is 7.68. The third-order valence-corrected chi connectivity index (χ3v) is 5.59. The van der Waals surface area contributed by atoms with Gasteiger partial charge < -0.3 is 10.6 Å². The van der Waals surface area contributed by atoms with Crippen LogP contribution in [0.15, 0.2) is 48.5 Å². The molecule has 0 saturated carbocycles. The number of rotatable bonds is 7. The molecule has 0 aromatic heterocycles. The molecule has 0 bridgehead atoms. The van der Waals surface area contributed by atoms with E-state index in [-0.39, 0.29) is 30.7 Å². The molecule has 1 heterocycles. The SMILES string of the molecule is C[C@@H](c1ccccc1)N1C(=O)N[C@@H](CCC(=O)NCc2ccc(Cl)c(Cl)c2)C1=O. The van der Waals surface area contributed by atoms with Gasteiger partial charge in [-0.15, -0.1) is 0 Å². The van der Waals surface area contributed by atoms with Gasteiger partial charge in [-0.05, 0) is 36.6 Å². The molecule has 1 aliphatic heterocycles. The molecule has 6 nitrogen and oxygen atoms in total. The van der Waals surface area contributed by atoms with Crippen LogP contribution in [0.4, 0.5) is 4.79 Å². The van der Waals surface area contributed by atoms with Gasteiger partial charge in [0.25, 0.3) is 5.91 Å². The molecule has 0 radical (unpaired) electrons. The second-order valence-electron chi connectivity index (χ2n) is 6.86. The molecule has 1 aliphatic rings. The van der Waals surface area contributed by atoms with Crippen LogP contribution >= 0.6 is 23.2 Å². The molecule has 8 heteroatoms. The van der Waals surface area contributed by atoms with Gasteiger partial charge in [0.2, 0.25) is 5.91 Å². The topological polar surface area (TPSA) is 78.5 Å². The Morgan fingerprint density at radius 2 is 1.86 bits per heavy atom. The average Bonchev–Trinajstić information content (AvgIpc) is 3.00. The molecule has 2 atom stereocenters. The van der Waals surface area contributed by atoms with Crippen molar-refractivity contribution in [1.29, 1.82) is 0 Å². The Bertz CT molecular complexity index is 921. The zero-order valence-electron chi connectivity index (χ0n) is 15.8. The Hall–Kier alpha value is -2.57. The Labute approximate surface area is 179 Å². The molecule has 1 saturated heterocycles. The minimum atomic E-state index is -0.704. The van der Waals surface area contributed by atoms with E-state index in [1.807, 2.05) is 30.3 Å². The molecule has 0 spiro atoms. The Balaban J connectivity index is 1.51. The quantitative estimate of drug-likeness (QED) is 0.645. The van der Waals surface area contributed by atoms with E-state index in [1.54, 1.807) is 25.1 Å². The molecule has 3 rings (SSSR count). The number of amides is 4. The van der Waals surface area contributed by atoms with E-state index in [9.17, 15) is 14.4 Å². The fourth-order valence-corrected chi connectivity index (χ4v) is 3.53. The normalized spacial score (nSPS) is 17.2. The summed E-state index contributed by atoms with van der Waals surface area (Å²) >= 11 is 11.8. The van der Waals surface area contributed by atoms with Gasteiger partial charge in [0, 0.05) is 13.0 Å². The van der Waals surface area contributed by atoms with Gasteiger partial charge in [-0.1, -0.05) is 59.6 Å². The van der Waals surface area contributed by atoms with Crippen LogP contribution in [0.1, 0.15) is 36.9 Å². The standard InChI is InChI=1S/C21H21Cl2N3O3/c1-13(15-5-3-2-4-6-15)26-20(28)18(25-21(26)29)9-10-19(27)24-12-14-7-8-16(22)17(23)11-14/h2-8,11,13,18H,9-10,12H2,1H3,(H,24,27)(H,25,29)/t13-,18-/m0/s1. The summed E-state index contributed by atoms with van der Waals surface area (Å²) in [5.74, 6) is -0.531. The monoisotopic (exact) mass is 433 g/mol. The van der Waals surface area contributed by atoms with E-state index in [0.717, 1.165) is 11.1 Å². The molecule has 2 aromatic rings. The first-order valence-corrected chi connectivity index (χ1v) is 10.0. The van der Waals surface area contributed by atoms with Crippen LogP contribution in [-0.4, -0.2) is 28.8 Å². The van der Waals surface area contributed by atoms with Crippen molar-refractivity contribution < 1.29 is 14.4 Å². The number of carbonyl (C=O) groups is 3. The van der Waals surface area contributed by atoms with Crippen LogP contribution in [0.5, 0.6) is 0 Å². The maximum absolute atomic E-state index is 12.7. The van der Waals surface area contributed by atoms with Crippen molar-refractivity contribution in [3.63, 3.8) is 0 Å². The van der Waals surface area contributed by atoms with E-state index >= 15 is 0 Å². The van der Waals surface area contributed by atoms with Crippen molar-refractivity contribution in [2.75, 3.05) is 0 Å². The van der Waals surface area contributed by atoms with Gasteiger partial charge in [-0.3, -0.25) is 14.5 Å². The van der Waals surface area contributed by atoms with E-state index < -0.39 is 12.1 Å². The first-order valence-electron chi connectivity index (χ1n) is 9.26. The maximum atomic E-state index is 12.7. The molecule has 29 heavy (non-hydrogen) atoms. The lowest BCUT2D eigenvalue weighted by atomic mass is 10.1. The lowest BCUT2D eigenvalue weighted by molar-refractivity contribution is -0.129. The van der Waals surface area contributed by atoms with Crippen molar-refractivity contribution in [1.82, 2.24) is 15.5 Å². The minimum Gasteiger partial charge on any atom is -0.352 e. The van der Waals surface area contributed by atoms with Crippen LogP contribution in [0.25, 0.3) is 0 Å². The molecule has 2 N–H and O–H groups in total. The van der Waals surface area contributed by atoms with Crippen LogP contribution in [-0.2, 0) is 16.1 Å².